The van der Waals surface area contributed by atoms with Crippen LogP contribution in [0.5, 0.6) is 5.75 Å². The summed E-state index contributed by atoms with van der Waals surface area (Å²) in [5.74, 6) is 0.236. The molecule has 33 heavy (non-hydrogen) atoms. The third-order valence-electron chi connectivity index (χ3n) is 4.82. The van der Waals surface area contributed by atoms with E-state index in [-0.39, 0.29) is 18.4 Å². The van der Waals surface area contributed by atoms with Crippen LogP contribution in [0.15, 0.2) is 67.0 Å². The maximum Gasteiger partial charge on any atom is 0.267 e. The Balaban J connectivity index is 1.34. The lowest BCUT2D eigenvalue weighted by Gasteiger charge is -2.06. The van der Waals surface area contributed by atoms with Gasteiger partial charge < -0.3 is 15.4 Å². The molecule has 2 N–H and O–H groups in total. The Kier molecular flexibility index (Phi) is 6.80. The highest BCUT2D eigenvalue weighted by Gasteiger charge is 2.17. The maximum absolute atomic E-state index is 12.8. The number of nitrogens with zero attached hydrogens (tertiary/aromatic N) is 3. The van der Waals surface area contributed by atoms with Gasteiger partial charge in [0.15, 0.2) is 0 Å². The van der Waals surface area contributed by atoms with Crippen LogP contribution in [-0.2, 0) is 17.8 Å². The Hall–Kier alpha value is -3.98. The number of anilines is 2. The van der Waals surface area contributed by atoms with E-state index >= 15 is 0 Å². The summed E-state index contributed by atoms with van der Waals surface area (Å²) in [5.41, 5.74) is 3.00. The molecule has 0 aliphatic heterocycles. The van der Waals surface area contributed by atoms with Crippen LogP contribution in [-0.4, -0.2) is 33.7 Å². The Morgan fingerprint density at radius 1 is 1.03 bits per heavy atom. The average Bonchev–Trinajstić information content (AvgIpc) is 3.40. The van der Waals surface area contributed by atoms with E-state index in [2.05, 4.69) is 20.7 Å². The van der Waals surface area contributed by atoms with E-state index in [1.54, 1.807) is 37.6 Å². The average molecular weight is 462 g/mol. The summed E-state index contributed by atoms with van der Waals surface area (Å²) in [6.07, 6.45) is 3.81. The van der Waals surface area contributed by atoms with Gasteiger partial charge in [-0.2, -0.15) is 5.10 Å². The molecule has 0 saturated carbocycles. The van der Waals surface area contributed by atoms with Crippen LogP contribution in [0, 0.1) is 6.92 Å². The van der Waals surface area contributed by atoms with Gasteiger partial charge in [0.05, 0.1) is 29.7 Å². The van der Waals surface area contributed by atoms with Crippen molar-refractivity contribution in [3.8, 4) is 5.75 Å². The summed E-state index contributed by atoms with van der Waals surface area (Å²) < 4.78 is 6.57. The molecule has 0 aliphatic carbocycles. The fourth-order valence-electron chi connectivity index (χ4n) is 3.23. The molecule has 0 atom stereocenters. The zero-order valence-electron chi connectivity index (χ0n) is 18.2. The molecular formula is C24H23N5O3S. The van der Waals surface area contributed by atoms with Crippen LogP contribution < -0.4 is 15.4 Å². The van der Waals surface area contributed by atoms with E-state index in [4.69, 9.17) is 4.74 Å². The third-order valence-corrected chi connectivity index (χ3v) is 5.97. The van der Waals surface area contributed by atoms with Crippen molar-refractivity contribution in [1.29, 1.82) is 0 Å². The summed E-state index contributed by atoms with van der Waals surface area (Å²) >= 11 is 1.38. The SMILES string of the molecule is COc1ccc(NC(=O)Cn2cc(NC(=O)c3sc(Cc4ccccc4)nc3C)cn2)cc1. The Morgan fingerprint density at radius 3 is 2.52 bits per heavy atom. The molecule has 4 rings (SSSR count). The van der Waals surface area contributed by atoms with Gasteiger partial charge in [-0.05, 0) is 36.8 Å². The van der Waals surface area contributed by atoms with Crippen molar-refractivity contribution in [2.45, 2.75) is 19.9 Å². The van der Waals surface area contributed by atoms with Crippen LogP contribution in [0.3, 0.4) is 0 Å². The number of nitrogens with one attached hydrogen (secondary N) is 2. The molecule has 168 valence electrons. The molecule has 2 heterocycles. The van der Waals surface area contributed by atoms with Crippen molar-refractivity contribution in [1.82, 2.24) is 14.8 Å². The highest BCUT2D eigenvalue weighted by molar-refractivity contribution is 7.14. The van der Waals surface area contributed by atoms with Gasteiger partial charge in [0.2, 0.25) is 5.91 Å². The molecule has 0 fully saturated rings. The molecule has 2 amide bonds. The van der Waals surface area contributed by atoms with Gasteiger partial charge >= 0.3 is 0 Å². The fraction of sp³-hybridized carbons (Fsp3) is 0.167. The van der Waals surface area contributed by atoms with Gasteiger partial charge in [0.1, 0.15) is 17.2 Å². The second kappa shape index (κ2) is 10.1. The molecule has 0 saturated heterocycles. The molecule has 2 aromatic heterocycles. The van der Waals surface area contributed by atoms with Crippen LogP contribution >= 0.6 is 11.3 Å². The van der Waals surface area contributed by atoms with E-state index in [1.165, 1.54) is 22.2 Å². The van der Waals surface area contributed by atoms with E-state index in [9.17, 15) is 9.59 Å². The number of carbonyl (C=O) groups excluding carboxylic acids is 2. The third kappa shape index (κ3) is 5.83. The minimum Gasteiger partial charge on any atom is -0.497 e. The number of amides is 2. The number of thiazole rings is 1. The number of ether oxygens (including phenoxy) is 1. The first-order valence-corrected chi connectivity index (χ1v) is 11.1. The molecule has 0 aliphatic rings. The lowest BCUT2D eigenvalue weighted by molar-refractivity contribution is -0.116. The molecule has 0 radical (unpaired) electrons. The van der Waals surface area contributed by atoms with Gasteiger partial charge in [-0.3, -0.25) is 14.3 Å². The second-order valence-corrected chi connectivity index (χ2v) is 8.43. The number of methoxy groups -OCH3 is 1. The van der Waals surface area contributed by atoms with Crippen molar-refractivity contribution in [2.24, 2.45) is 0 Å². The highest BCUT2D eigenvalue weighted by Crippen LogP contribution is 2.22. The summed E-state index contributed by atoms with van der Waals surface area (Å²) in [6, 6.07) is 17.1. The number of hydrogen-bond donors (Lipinski definition) is 2. The predicted octanol–water partition coefficient (Wildman–Crippen LogP) is 4.14. The standard InChI is InChI=1S/C24H23N5O3S/c1-16-23(33-22(26-16)12-17-6-4-3-5-7-17)24(31)28-19-13-25-29(14-19)15-21(30)27-18-8-10-20(32-2)11-9-18/h3-11,13-14H,12,15H2,1-2H3,(H,27,30)(H,28,31). The maximum atomic E-state index is 12.8. The number of hydrogen-bond acceptors (Lipinski definition) is 6. The van der Waals surface area contributed by atoms with E-state index in [0.29, 0.717) is 34.1 Å². The number of rotatable bonds is 8. The van der Waals surface area contributed by atoms with Crippen molar-refractivity contribution in [3.63, 3.8) is 0 Å². The van der Waals surface area contributed by atoms with Crippen LogP contribution in [0.4, 0.5) is 11.4 Å². The molecule has 8 nitrogen and oxygen atoms in total. The first kappa shape index (κ1) is 22.2. The van der Waals surface area contributed by atoms with Crippen molar-refractivity contribution in [3.05, 3.63) is 88.1 Å². The minimum absolute atomic E-state index is 0.0166. The normalized spacial score (nSPS) is 10.6. The van der Waals surface area contributed by atoms with E-state index < -0.39 is 0 Å². The Morgan fingerprint density at radius 2 is 1.79 bits per heavy atom. The van der Waals surface area contributed by atoms with Gasteiger partial charge in [0, 0.05) is 18.3 Å². The van der Waals surface area contributed by atoms with Crippen LogP contribution in [0.25, 0.3) is 0 Å². The molecule has 0 unspecified atom stereocenters. The zero-order valence-corrected chi connectivity index (χ0v) is 19.1. The first-order chi connectivity index (χ1) is 16.0. The molecule has 2 aromatic carbocycles. The first-order valence-electron chi connectivity index (χ1n) is 10.3. The zero-order chi connectivity index (χ0) is 23.2. The topological polar surface area (TPSA) is 98.1 Å². The second-order valence-electron chi connectivity index (χ2n) is 7.34. The molecule has 4 aromatic rings. The summed E-state index contributed by atoms with van der Waals surface area (Å²) in [4.78, 5) is 30.1. The molecule has 0 bridgehead atoms. The van der Waals surface area contributed by atoms with Gasteiger partial charge in [-0.25, -0.2) is 4.98 Å². The van der Waals surface area contributed by atoms with Crippen molar-refractivity contribution >= 4 is 34.5 Å². The number of aromatic nitrogens is 3. The lowest BCUT2D eigenvalue weighted by atomic mass is 10.2. The van der Waals surface area contributed by atoms with Crippen LogP contribution in [0.1, 0.15) is 25.9 Å². The fourth-order valence-corrected chi connectivity index (χ4v) is 4.23. The van der Waals surface area contributed by atoms with Gasteiger partial charge in [-0.15, -0.1) is 11.3 Å². The highest BCUT2D eigenvalue weighted by atomic mass is 32.1. The monoisotopic (exact) mass is 461 g/mol. The quantitative estimate of drug-likeness (QED) is 0.411. The summed E-state index contributed by atoms with van der Waals surface area (Å²) in [5, 5.41) is 10.7. The Labute approximate surface area is 195 Å². The van der Waals surface area contributed by atoms with Crippen LogP contribution in [0.2, 0.25) is 0 Å². The van der Waals surface area contributed by atoms with Crippen molar-refractivity contribution < 1.29 is 14.3 Å². The number of aryl methyl sites for hydroxylation is 1. The smallest absolute Gasteiger partial charge is 0.267 e. The minimum atomic E-state index is -0.244. The van der Waals surface area contributed by atoms with E-state index in [0.717, 1.165) is 10.6 Å². The largest absolute Gasteiger partial charge is 0.497 e. The molecule has 9 heteroatoms. The predicted molar refractivity (Wildman–Crippen MR) is 128 cm³/mol. The number of benzene rings is 2. The van der Waals surface area contributed by atoms with Crippen molar-refractivity contribution in [2.75, 3.05) is 17.7 Å². The van der Waals surface area contributed by atoms with E-state index in [1.807, 2.05) is 37.3 Å². The molecular weight excluding hydrogens is 438 g/mol. The van der Waals surface area contributed by atoms with Gasteiger partial charge in [-0.1, -0.05) is 30.3 Å². The lowest BCUT2D eigenvalue weighted by Crippen LogP contribution is -2.19. The number of carbonyl (C=O) groups is 2. The summed E-state index contributed by atoms with van der Waals surface area (Å²) in [7, 11) is 1.58. The Bertz CT molecular complexity index is 1250. The van der Waals surface area contributed by atoms with Gasteiger partial charge in [0.25, 0.3) is 5.91 Å². The summed E-state index contributed by atoms with van der Waals surface area (Å²) in [6.45, 7) is 1.84. The molecule has 0 spiro atoms.